The van der Waals surface area contributed by atoms with E-state index in [1.807, 2.05) is 18.2 Å². The molecule has 1 aliphatic heterocycles. The maximum Gasteiger partial charge on any atom is 0.224 e. The first-order valence-corrected chi connectivity index (χ1v) is 15.3. The molecule has 1 aromatic carbocycles. The fourth-order valence-electron chi connectivity index (χ4n) is 5.87. The number of halogens is 1. The first-order chi connectivity index (χ1) is 18.3. The number of likely N-dealkylation sites (tertiary alicyclic amines) is 1. The third kappa shape index (κ3) is 8.20. The largest absolute Gasteiger partial charge is 0.353 e. The van der Waals surface area contributed by atoms with Gasteiger partial charge in [-0.15, -0.1) is 11.3 Å². The van der Waals surface area contributed by atoms with Crippen LogP contribution in [0.1, 0.15) is 76.1 Å². The molecule has 1 aliphatic carbocycles. The normalized spacial score (nSPS) is 18.4. The fraction of sp³-hybridized carbons (Fsp3) is 0.600. The smallest absolute Gasteiger partial charge is 0.224 e. The third-order valence-electron chi connectivity index (χ3n) is 7.96. The van der Waals surface area contributed by atoms with Crippen molar-refractivity contribution in [2.45, 2.75) is 83.6 Å². The zero-order valence-electron chi connectivity index (χ0n) is 22.5. The average Bonchev–Trinajstić information content (AvgIpc) is 3.55. The number of nitrogens with zero attached hydrogens (tertiary/aromatic N) is 2. The van der Waals surface area contributed by atoms with Crippen molar-refractivity contribution < 1.29 is 14.4 Å². The van der Waals surface area contributed by atoms with E-state index in [1.54, 1.807) is 0 Å². The molecule has 4 rings (SSSR count). The number of benzene rings is 1. The van der Waals surface area contributed by atoms with Crippen molar-refractivity contribution in [2.75, 3.05) is 19.6 Å². The standard InChI is InChI=1S/C30H40ClN3O3S/c1-20(19-34-14-6-7-15-34)27(36)13-12-25(22-8-4-3-5-9-22)33-30(37)23(16-21(2)35)17-29-32-26-11-10-24(31)18-28(26)38-29/h10-11,18,22-23,25H,1,3-9,12-17,19H2,2H3,(H,33,37)/t23-,25+/m0/s1. The Hall–Kier alpha value is -2.09. The molecular formula is C30H40ClN3O3S. The van der Waals surface area contributed by atoms with E-state index in [9.17, 15) is 14.4 Å². The SMILES string of the molecule is C=C(CN1CCCC1)C(=O)CC[C@@H](NC(=O)[C@@H](CC(C)=O)Cc1nc2ccc(Cl)cc2s1)C1CCCCC1. The Morgan fingerprint density at radius 2 is 1.89 bits per heavy atom. The van der Waals surface area contributed by atoms with Crippen molar-refractivity contribution in [3.63, 3.8) is 0 Å². The Labute approximate surface area is 235 Å². The van der Waals surface area contributed by atoms with E-state index in [0.717, 1.165) is 54.0 Å². The molecule has 38 heavy (non-hydrogen) atoms. The lowest BCUT2D eigenvalue weighted by atomic mass is 9.81. The summed E-state index contributed by atoms with van der Waals surface area (Å²) < 4.78 is 0.974. The number of Topliss-reactive ketones (excluding diaryl/α,β-unsaturated/α-hetero) is 2. The molecule has 2 atom stereocenters. The number of amides is 1. The van der Waals surface area contributed by atoms with Gasteiger partial charge in [0, 0.05) is 42.4 Å². The second kappa shape index (κ2) is 13.8. The highest BCUT2D eigenvalue weighted by molar-refractivity contribution is 7.18. The molecule has 0 unspecified atom stereocenters. The van der Waals surface area contributed by atoms with Crippen LogP contribution in [0.2, 0.25) is 5.02 Å². The Morgan fingerprint density at radius 1 is 1.16 bits per heavy atom. The van der Waals surface area contributed by atoms with Crippen LogP contribution in [0.25, 0.3) is 10.2 Å². The molecule has 1 N–H and O–H groups in total. The summed E-state index contributed by atoms with van der Waals surface area (Å²) in [6.45, 7) is 8.31. The second-order valence-corrected chi connectivity index (χ2v) is 12.6. The summed E-state index contributed by atoms with van der Waals surface area (Å²) in [5.41, 5.74) is 1.52. The highest BCUT2D eigenvalue weighted by Crippen LogP contribution is 2.30. The monoisotopic (exact) mass is 557 g/mol. The lowest BCUT2D eigenvalue weighted by Crippen LogP contribution is -2.45. The number of fused-ring (bicyclic) bond motifs is 1. The lowest BCUT2D eigenvalue weighted by Gasteiger charge is -2.32. The lowest BCUT2D eigenvalue weighted by molar-refractivity contribution is -0.130. The predicted molar refractivity (Wildman–Crippen MR) is 155 cm³/mol. The van der Waals surface area contributed by atoms with Crippen molar-refractivity contribution in [2.24, 2.45) is 11.8 Å². The summed E-state index contributed by atoms with van der Waals surface area (Å²) >= 11 is 7.65. The van der Waals surface area contributed by atoms with E-state index in [-0.39, 0.29) is 29.9 Å². The summed E-state index contributed by atoms with van der Waals surface area (Å²) in [5, 5.41) is 4.77. The second-order valence-electron chi connectivity index (χ2n) is 11.1. The van der Waals surface area contributed by atoms with Crippen LogP contribution in [-0.2, 0) is 20.8 Å². The zero-order chi connectivity index (χ0) is 27.1. The van der Waals surface area contributed by atoms with Gasteiger partial charge in [0.05, 0.1) is 21.1 Å². The van der Waals surface area contributed by atoms with Gasteiger partial charge < -0.3 is 10.1 Å². The van der Waals surface area contributed by atoms with Gasteiger partial charge in [-0.3, -0.25) is 14.5 Å². The van der Waals surface area contributed by atoms with Crippen molar-refractivity contribution in [1.82, 2.24) is 15.2 Å². The highest BCUT2D eigenvalue weighted by Gasteiger charge is 2.30. The number of hydrogen-bond donors (Lipinski definition) is 1. The number of aromatic nitrogens is 1. The van der Waals surface area contributed by atoms with E-state index in [4.69, 9.17) is 11.6 Å². The third-order valence-corrected chi connectivity index (χ3v) is 9.23. The Morgan fingerprint density at radius 3 is 2.61 bits per heavy atom. The van der Waals surface area contributed by atoms with E-state index >= 15 is 0 Å². The molecular weight excluding hydrogens is 518 g/mol. The maximum absolute atomic E-state index is 13.6. The number of carbonyl (C=O) groups is 3. The van der Waals surface area contributed by atoms with Crippen molar-refractivity contribution in [3.05, 3.63) is 40.4 Å². The molecule has 0 spiro atoms. The Balaban J connectivity index is 1.42. The molecule has 2 aromatic rings. The average molecular weight is 558 g/mol. The summed E-state index contributed by atoms with van der Waals surface area (Å²) in [6.07, 6.45) is 9.59. The summed E-state index contributed by atoms with van der Waals surface area (Å²) in [6, 6.07) is 5.50. The van der Waals surface area contributed by atoms with Crippen molar-refractivity contribution in [1.29, 1.82) is 0 Å². The Kier molecular flexibility index (Phi) is 10.5. The number of carbonyl (C=O) groups excluding carboxylic acids is 3. The molecule has 0 radical (unpaired) electrons. The van der Waals surface area contributed by atoms with Gasteiger partial charge in [0.2, 0.25) is 5.91 Å². The summed E-state index contributed by atoms with van der Waals surface area (Å²) in [7, 11) is 0. The first kappa shape index (κ1) is 28.9. The fourth-order valence-corrected chi connectivity index (χ4v) is 7.20. The van der Waals surface area contributed by atoms with Gasteiger partial charge in [0.25, 0.3) is 0 Å². The minimum atomic E-state index is -0.490. The summed E-state index contributed by atoms with van der Waals surface area (Å²) in [4.78, 5) is 45.6. The number of rotatable bonds is 13. The van der Waals surface area contributed by atoms with E-state index in [0.29, 0.717) is 42.3 Å². The van der Waals surface area contributed by atoms with E-state index in [2.05, 4.69) is 21.8 Å². The Bertz CT molecular complexity index is 1150. The molecule has 2 aliphatic rings. The molecule has 6 nitrogen and oxygen atoms in total. The zero-order valence-corrected chi connectivity index (χ0v) is 24.0. The van der Waals surface area contributed by atoms with Crippen molar-refractivity contribution >= 4 is 50.6 Å². The predicted octanol–water partition coefficient (Wildman–Crippen LogP) is 6.15. The van der Waals surface area contributed by atoms with Gasteiger partial charge in [-0.1, -0.05) is 37.4 Å². The molecule has 1 saturated carbocycles. The molecule has 2 heterocycles. The van der Waals surface area contributed by atoms with Gasteiger partial charge in [0.1, 0.15) is 5.78 Å². The minimum Gasteiger partial charge on any atom is -0.353 e. The molecule has 0 bridgehead atoms. The molecule has 1 aromatic heterocycles. The van der Waals surface area contributed by atoms with Crippen LogP contribution in [0.4, 0.5) is 0 Å². The molecule has 2 fully saturated rings. The van der Waals surface area contributed by atoms with E-state index in [1.165, 1.54) is 37.5 Å². The van der Waals surface area contributed by atoms with Gasteiger partial charge >= 0.3 is 0 Å². The van der Waals surface area contributed by atoms with Gasteiger partial charge in [-0.25, -0.2) is 4.98 Å². The minimum absolute atomic E-state index is 0.0167. The van der Waals surface area contributed by atoms with E-state index < -0.39 is 5.92 Å². The van der Waals surface area contributed by atoms with Crippen LogP contribution in [0.5, 0.6) is 0 Å². The van der Waals surface area contributed by atoms with Crippen LogP contribution >= 0.6 is 22.9 Å². The van der Waals surface area contributed by atoms with Crippen LogP contribution in [-0.4, -0.2) is 53.0 Å². The number of hydrogen-bond acceptors (Lipinski definition) is 6. The quantitative estimate of drug-likeness (QED) is 0.299. The van der Waals surface area contributed by atoms with Crippen LogP contribution in [0.3, 0.4) is 0 Å². The molecule has 206 valence electrons. The summed E-state index contributed by atoms with van der Waals surface area (Å²) in [5.74, 6) is -0.168. The number of ketones is 2. The number of nitrogens with one attached hydrogen (secondary N) is 1. The van der Waals surface area contributed by atoms with Gasteiger partial charge in [-0.05, 0) is 76.2 Å². The van der Waals surface area contributed by atoms with Gasteiger partial charge in [0.15, 0.2) is 5.78 Å². The molecule has 1 saturated heterocycles. The van der Waals surface area contributed by atoms with Crippen molar-refractivity contribution in [3.8, 4) is 0 Å². The molecule has 8 heteroatoms. The van der Waals surface area contributed by atoms with Crippen LogP contribution < -0.4 is 5.32 Å². The topological polar surface area (TPSA) is 79.4 Å². The first-order valence-electron chi connectivity index (χ1n) is 14.1. The number of thiazole rings is 1. The van der Waals surface area contributed by atoms with Crippen LogP contribution in [0, 0.1) is 11.8 Å². The highest BCUT2D eigenvalue weighted by atomic mass is 35.5. The maximum atomic E-state index is 13.6. The molecule has 1 amide bonds. The van der Waals surface area contributed by atoms with Gasteiger partial charge in [-0.2, -0.15) is 0 Å². The van der Waals surface area contributed by atoms with Crippen LogP contribution in [0.15, 0.2) is 30.4 Å².